The number of hydrogen-bond acceptors (Lipinski definition) is 8. The third-order valence-corrected chi connectivity index (χ3v) is 5.51. The zero-order valence-corrected chi connectivity index (χ0v) is 19.9. The molecule has 2 aromatic rings. The molecular weight excluding hydrogens is 422 g/mol. The lowest BCUT2D eigenvalue weighted by molar-refractivity contribution is -0.143. The maximum atomic E-state index is 12.9. The summed E-state index contributed by atoms with van der Waals surface area (Å²) in [6.45, 7) is 9.47. The summed E-state index contributed by atoms with van der Waals surface area (Å²) in [5.74, 6) is 1.79. The lowest BCUT2D eigenvalue weighted by atomic mass is 10.1. The van der Waals surface area contributed by atoms with Crippen LogP contribution >= 0.6 is 0 Å². The minimum atomic E-state index is -0.195. The number of nitrogens with zero attached hydrogens (tertiary/aromatic N) is 5. The van der Waals surface area contributed by atoms with Crippen molar-refractivity contribution in [1.29, 1.82) is 0 Å². The molecule has 1 amide bonds. The second-order valence-corrected chi connectivity index (χ2v) is 8.38. The minimum absolute atomic E-state index is 0.00518. The van der Waals surface area contributed by atoms with Crippen molar-refractivity contribution >= 4 is 17.7 Å². The first-order valence-electron chi connectivity index (χ1n) is 11.5. The maximum Gasteiger partial charge on any atom is 0.305 e. The molecular formula is C24H33N5O4. The predicted molar refractivity (Wildman–Crippen MR) is 124 cm³/mol. The van der Waals surface area contributed by atoms with Gasteiger partial charge in [0, 0.05) is 49.9 Å². The number of aryl methyl sites for hydroxylation is 1. The Morgan fingerprint density at radius 2 is 1.88 bits per heavy atom. The number of pyridine rings is 1. The quantitative estimate of drug-likeness (QED) is 0.532. The Hall–Kier alpha value is -3.23. The number of carbonyl (C=O) groups excluding carboxylic acids is 2. The Morgan fingerprint density at radius 1 is 1.12 bits per heavy atom. The first-order chi connectivity index (χ1) is 15.9. The van der Waals surface area contributed by atoms with Crippen LogP contribution in [0.25, 0.3) is 0 Å². The third-order valence-electron chi connectivity index (χ3n) is 5.51. The minimum Gasteiger partial charge on any atom is -0.482 e. The van der Waals surface area contributed by atoms with Crippen LogP contribution in [-0.4, -0.2) is 70.1 Å². The largest absolute Gasteiger partial charge is 0.482 e. The van der Waals surface area contributed by atoms with Crippen LogP contribution in [0, 0.1) is 6.92 Å². The zero-order valence-electron chi connectivity index (χ0n) is 19.9. The van der Waals surface area contributed by atoms with Gasteiger partial charge in [0.25, 0.3) is 5.91 Å². The number of amides is 1. The lowest BCUT2D eigenvalue weighted by Crippen LogP contribution is -2.59. The van der Waals surface area contributed by atoms with E-state index in [0.29, 0.717) is 37.5 Å². The fourth-order valence-electron chi connectivity index (χ4n) is 3.98. The van der Waals surface area contributed by atoms with Gasteiger partial charge in [-0.2, -0.15) is 0 Å². The van der Waals surface area contributed by atoms with E-state index in [1.165, 1.54) is 0 Å². The molecule has 1 fully saturated rings. The van der Waals surface area contributed by atoms with E-state index in [4.69, 9.17) is 9.47 Å². The number of hydrogen-bond donors (Lipinski definition) is 0. The van der Waals surface area contributed by atoms with Gasteiger partial charge in [-0.1, -0.05) is 6.92 Å². The van der Waals surface area contributed by atoms with Gasteiger partial charge in [-0.3, -0.25) is 14.6 Å². The summed E-state index contributed by atoms with van der Waals surface area (Å²) in [7, 11) is 0. The van der Waals surface area contributed by atoms with Crippen LogP contribution in [0.3, 0.4) is 0 Å². The topological polar surface area (TPSA) is 97.8 Å². The number of piperazine rings is 1. The molecule has 0 aromatic carbocycles. The molecule has 1 saturated heterocycles. The second kappa shape index (κ2) is 11.6. The number of rotatable bonds is 9. The van der Waals surface area contributed by atoms with Crippen LogP contribution in [0.1, 0.15) is 45.1 Å². The average Bonchev–Trinajstić information content (AvgIpc) is 2.78. The van der Waals surface area contributed by atoms with Crippen LogP contribution in [0.4, 0.5) is 5.82 Å². The van der Waals surface area contributed by atoms with E-state index in [-0.39, 0.29) is 37.2 Å². The normalized spacial score (nSPS) is 18.2. The first kappa shape index (κ1) is 24.4. The van der Waals surface area contributed by atoms with Gasteiger partial charge in [0.1, 0.15) is 17.4 Å². The summed E-state index contributed by atoms with van der Waals surface area (Å²) in [5, 5.41) is 0. The van der Waals surface area contributed by atoms with Crippen LogP contribution in [-0.2, 0) is 20.7 Å². The Bertz CT molecular complexity index is 925. The van der Waals surface area contributed by atoms with Gasteiger partial charge in [-0.05, 0) is 45.4 Å². The van der Waals surface area contributed by atoms with Crippen molar-refractivity contribution in [3.8, 4) is 5.75 Å². The van der Waals surface area contributed by atoms with Crippen molar-refractivity contribution < 1.29 is 19.1 Å². The fraction of sp³-hybridized carbons (Fsp3) is 0.542. The molecule has 33 heavy (non-hydrogen) atoms. The summed E-state index contributed by atoms with van der Waals surface area (Å²) < 4.78 is 10.9. The van der Waals surface area contributed by atoms with E-state index >= 15 is 0 Å². The summed E-state index contributed by atoms with van der Waals surface area (Å²) >= 11 is 0. The van der Waals surface area contributed by atoms with Gasteiger partial charge in [-0.15, -0.1) is 0 Å². The van der Waals surface area contributed by atoms with Gasteiger partial charge >= 0.3 is 5.97 Å². The smallest absolute Gasteiger partial charge is 0.305 e. The van der Waals surface area contributed by atoms with E-state index < -0.39 is 0 Å². The van der Waals surface area contributed by atoms with Gasteiger partial charge in [-0.25, -0.2) is 9.97 Å². The molecule has 0 spiro atoms. The Labute approximate surface area is 195 Å². The molecule has 9 heteroatoms. The number of anilines is 1. The highest BCUT2D eigenvalue weighted by Crippen LogP contribution is 2.21. The number of esters is 1. The monoisotopic (exact) mass is 455 g/mol. The van der Waals surface area contributed by atoms with Crippen LogP contribution in [0.2, 0.25) is 0 Å². The van der Waals surface area contributed by atoms with Crippen molar-refractivity contribution in [2.45, 2.75) is 59.0 Å². The van der Waals surface area contributed by atoms with Gasteiger partial charge in [0.05, 0.1) is 12.8 Å². The lowest BCUT2D eigenvalue weighted by Gasteiger charge is -2.44. The standard InChI is InChI=1S/C24H33N5O4/c1-5-6-24(31)32-12-10-21-25-11-9-22(27-21)28-14-18(3)29(19(4)15-28)23(30)16-33-20-8-7-17(2)26-13-20/h7-9,11,13,18-19H,5-6,10,12,14-16H2,1-4H3/t18-,19+. The second-order valence-electron chi connectivity index (χ2n) is 8.38. The summed E-state index contributed by atoms with van der Waals surface area (Å²) in [6, 6.07) is 5.54. The van der Waals surface area contributed by atoms with E-state index in [0.717, 1.165) is 17.9 Å². The number of ether oxygens (including phenoxy) is 2. The highest BCUT2D eigenvalue weighted by atomic mass is 16.5. The van der Waals surface area contributed by atoms with E-state index in [1.54, 1.807) is 12.4 Å². The van der Waals surface area contributed by atoms with Gasteiger partial charge in [0.2, 0.25) is 0 Å². The third kappa shape index (κ3) is 6.87. The predicted octanol–water partition coefficient (Wildman–Crippen LogP) is 2.57. The highest BCUT2D eigenvalue weighted by molar-refractivity contribution is 5.79. The molecule has 2 aromatic heterocycles. The first-order valence-corrected chi connectivity index (χ1v) is 11.5. The zero-order chi connectivity index (χ0) is 23.8. The van der Waals surface area contributed by atoms with Gasteiger partial charge < -0.3 is 19.3 Å². The Kier molecular flexibility index (Phi) is 8.57. The molecule has 0 bridgehead atoms. The molecule has 9 nitrogen and oxygen atoms in total. The van der Waals surface area contributed by atoms with Crippen molar-refractivity contribution in [2.24, 2.45) is 0 Å². The van der Waals surface area contributed by atoms with Crippen molar-refractivity contribution in [3.63, 3.8) is 0 Å². The molecule has 1 aliphatic heterocycles. The maximum absolute atomic E-state index is 12.9. The van der Waals surface area contributed by atoms with Crippen LogP contribution in [0.5, 0.6) is 5.75 Å². The fourth-order valence-corrected chi connectivity index (χ4v) is 3.98. The average molecular weight is 456 g/mol. The van der Waals surface area contributed by atoms with E-state index in [9.17, 15) is 9.59 Å². The van der Waals surface area contributed by atoms with Crippen LogP contribution < -0.4 is 9.64 Å². The Morgan fingerprint density at radius 3 is 2.55 bits per heavy atom. The summed E-state index contributed by atoms with van der Waals surface area (Å²) in [5.41, 5.74) is 0.900. The van der Waals surface area contributed by atoms with Crippen molar-refractivity contribution in [3.05, 3.63) is 42.1 Å². The molecule has 3 rings (SSSR count). The SMILES string of the molecule is CCCC(=O)OCCc1nccc(N2C[C@@H](C)N(C(=O)COc3ccc(C)nc3)[C@@H](C)C2)n1. The molecule has 1 aliphatic rings. The molecule has 2 atom stereocenters. The van der Waals surface area contributed by atoms with E-state index in [2.05, 4.69) is 19.9 Å². The van der Waals surface area contributed by atoms with E-state index in [1.807, 2.05) is 50.8 Å². The molecule has 0 radical (unpaired) electrons. The molecule has 0 aliphatic carbocycles. The molecule has 178 valence electrons. The van der Waals surface area contributed by atoms with Crippen molar-refractivity contribution in [1.82, 2.24) is 19.9 Å². The van der Waals surface area contributed by atoms with Crippen LogP contribution in [0.15, 0.2) is 30.6 Å². The Balaban J connectivity index is 1.55. The molecule has 0 saturated carbocycles. The molecule has 0 N–H and O–H groups in total. The summed E-state index contributed by atoms with van der Waals surface area (Å²) in [6.07, 6.45) is 5.02. The van der Waals surface area contributed by atoms with Crippen molar-refractivity contribution in [2.75, 3.05) is 31.2 Å². The highest BCUT2D eigenvalue weighted by Gasteiger charge is 2.33. The number of aromatic nitrogens is 3. The summed E-state index contributed by atoms with van der Waals surface area (Å²) in [4.78, 5) is 41.6. The number of carbonyl (C=O) groups is 2. The molecule has 0 unspecified atom stereocenters. The van der Waals surface area contributed by atoms with Gasteiger partial charge in [0.15, 0.2) is 6.61 Å². The molecule has 3 heterocycles.